The summed E-state index contributed by atoms with van der Waals surface area (Å²) in [5.41, 5.74) is 5.53. The minimum absolute atomic E-state index is 0.0356. The third-order valence-corrected chi connectivity index (χ3v) is 3.41. The Balaban J connectivity index is 2.40. The average Bonchev–Trinajstić information content (AvgIpc) is 2.69. The molecule has 0 atom stereocenters. The smallest absolute Gasteiger partial charge is 0.230 e. The van der Waals surface area contributed by atoms with Crippen molar-refractivity contribution in [1.82, 2.24) is 20.1 Å². The highest BCUT2D eigenvalue weighted by atomic mass is 32.2. The number of aromatic nitrogens is 3. The van der Waals surface area contributed by atoms with Gasteiger partial charge in [-0.05, 0) is 13.3 Å². The fourth-order valence-corrected chi connectivity index (χ4v) is 2.28. The molecule has 0 fully saturated rings. The van der Waals surface area contributed by atoms with Crippen LogP contribution in [-0.2, 0) is 11.3 Å². The Morgan fingerprint density at radius 2 is 2.28 bits per heavy atom. The van der Waals surface area contributed by atoms with E-state index in [2.05, 4.69) is 22.4 Å². The molecule has 0 aliphatic rings. The molecule has 1 aromatic rings. The maximum absolute atomic E-state index is 11.6. The first-order chi connectivity index (χ1) is 8.69. The lowest BCUT2D eigenvalue weighted by molar-refractivity contribution is -0.118. The first-order valence-corrected chi connectivity index (χ1v) is 7.17. The molecule has 3 N–H and O–H groups in total. The van der Waals surface area contributed by atoms with Crippen LogP contribution in [0, 0.1) is 6.92 Å². The van der Waals surface area contributed by atoms with Crippen LogP contribution < -0.4 is 11.1 Å². The van der Waals surface area contributed by atoms with Gasteiger partial charge in [0.2, 0.25) is 5.91 Å². The van der Waals surface area contributed by atoms with Gasteiger partial charge >= 0.3 is 0 Å². The Morgan fingerprint density at radius 1 is 1.50 bits per heavy atom. The number of rotatable bonds is 8. The predicted molar refractivity (Wildman–Crippen MR) is 72.5 cm³/mol. The summed E-state index contributed by atoms with van der Waals surface area (Å²) in [6.45, 7) is 5.94. The van der Waals surface area contributed by atoms with Crippen LogP contribution in [0.5, 0.6) is 0 Å². The normalized spacial score (nSPS) is 10.6. The molecule has 0 radical (unpaired) electrons. The number of carbonyl (C=O) groups excluding carboxylic acids is 1. The van der Waals surface area contributed by atoms with Gasteiger partial charge in [-0.25, -0.2) is 0 Å². The number of carbonyl (C=O) groups is 1. The molecule has 0 saturated heterocycles. The third-order valence-electron chi connectivity index (χ3n) is 2.44. The van der Waals surface area contributed by atoms with Gasteiger partial charge < -0.3 is 15.6 Å². The quantitative estimate of drug-likeness (QED) is 0.533. The van der Waals surface area contributed by atoms with Gasteiger partial charge in [0, 0.05) is 19.6 Å². The van der Waals surface area contributed by atoms with Crippen LogP contribution in [0.25, 0.3) is 0 Å². The average molecular weight is 271 g/mol. The summed E-state index contributed by atoms with van der Waals surface area (Å²) in [5.74, 6) is 1.23. The van der Waals surface area contributed by atoms with E-state index >= 15 is 0 Å². The van der Waals surface area contributed by atoms with Crippen molar-refractivity contribution in [3.8, 4) is 0 Å². The van der Waals surface area contributed by atoms with Crippen molar-refractivity contribution >= 4 is 17.7 Å². The summed E-state index contributed by atoms with van der Waals surface area (Å²) < 4.78 is 1.93. The minimum Gasteiger partial charge on any atom is -0.355 e. The van der Waals surface area contributed by atoms with Crippen molar-refractivity contribution in [2.45, 2.75) is 38.4 Å². The highest BCUT2D eigenvalue weighted by Gasteiger charge is 2.10. The zero-order valence-electron chi connectivity index (χ0n) is 11.0. The Bertz CT molecular complexity index is 380. The molecule has 1 heterocycles. The summed E-state index contributed by atoms with van der Waals surface area (Å²) in [6, 6.07) is 0. The van der Waals surface area contributed by atoms with E-state index in [1.807, 2.05) is 11.5 Å². The molecule has 6 nitrogen and oxygen atoms in total. The third kappa shape index (κ3) is 4.66. The number of hydrogen-bond acceptors (Lipinski definition) is 5. The lowest BCUT2D eigenvalue weighted by atomic mass is 10.3. The maximum atomic E-state index is 11.6. The van der Waals surface area contributed by atoms with Gasteiger partial charge in [0.25, 0.3) is 0 Å². The second-order valence-corrected chi connectivity index (χ2v) is 4.90. The Kier molecular flexibility index (Phi) is 6.74. The summed E-state index contributed by atoms with van der Waals surface area (Å²) in [5, 5.41) is 11.7. The molecule has 0 unspecified atom stereocenters. The van der Waals surface area contributed by atoms with Crippen LogP contribution in [0.1, 0.15) is 25.6 Å². The Hall–Kier alpha value is -1.08. The summed E-state index contributed by atoms with van der Waals surface area (Å²) in [7, 11) is 0. The number of thioether (sulfide) groups is 1. The lowest BCUT2D eigenvalue weighted by Gasteiger charge is -2.06. The zero-order chi connectivity index (χ0) is 13.4. The van der Waals surface area contributed by atoms with Crippen LogP contribution >= 0.6 is 11.8 Å². The number of nitrogens with zero attached hydrogens (tertiary/aromatic N) is 3. The van der Waals surface area contributed by atoms with E-state index in [0.717, 1.165) is 30.4 Å². The van der Waals surface area contributed by atoms with E-state index in [1.165, 1.54) is 11.8 Å². The SMILES string of the molecule is CCCCNC(=O)CSc1nnc(C)n1CCN. The minimum atomic E-state index is 0.0356. The lowest BCUT2D eigenvalue weighted by Crippen LogP contribution is -2.26. The molecular weight excluding hydrogens is 250 g/mol. The molecule has 1 amide bonds. The van der Waals surface area contributed by atoms with Gasteiger partial charge in [-0.2, -0.15) is 0 Å². The predicted octanol–water partition coefficient (Wildman–Crippen LogP) is 0.554. The van der Waals surface area contributed by atoms with Gasteiger partial charge in [-0.3, -0.25) is 4.79 Å². The van der Waals surface area contributed by atoms with Gasteiger partial charge in [0.05, 0.1) is 5.75 Å². The standard InChI is InChI=1S/C11H21N5OS/c1-3-4-6-13-10(17)8-18-11-15-14-9(2)16(11)7-5-12/h3-8,12H2,1-2H3,(H,13,17). The first kappa shape index (κ1) is 15.0. The monoisotopic (exact) mass is 271 g/mol. The van der Waals surface area contributed by atoms with Crippen molar-refractivity contribution in [2.24, 2.45) is 5.73 Å². The number of hydrogen-bond donors (Lipinski definition) is 2. The summed E-state index contributed by atoms with van der Waals surface area (Å²) in [4.78, 5) is 11.6. The van der Waals surface area contributed by atoms with Gasteiger partial charge in [0.15, 0.2) is 5.16 Å². The van der Waals surface area contributed by atoms with Crippen molar-refractivity contribution in [2.75, 3.05) is 18.8 Å². The number of aryl methyl sites for hydroxylation is 1. The number of unbranched alkanes of at least 4 members (excludes halogenated alkanes) is 1. The summed E-state index contributed by atoms with van der Waals surface area (Å²) in [6.07, 6.45) is 2.09. The fraction of sp³-hybridized carbons (Fsp3) is 0.727. The topological polar surface area (TPSA) is 85.8 Å². The largest absolute Gasteiger partial charge is 0.355 e. The molecule has 0 saturated carbocycles. The highest BCUT2D eigenvalue weighted by Crippen LogP contribution is 2.15. The second kappa shape index (κ2) is 8.10. The van der Waals surface area contributed by atoms with Crippen molar-refractivity contribution < 1.29 is 4.79 Å². The number of nitrogens with one attached hydrogen (secondary N) is 1. The van der Waals surface area contributed by atoms with Crippen LogP contribution in [0.4, 0.5) is 0 Å². The van der Waals surface area contributed by atoms with Crippen LogP contribution in [0.2, 0.25) is 0 Å². The highest BCUT2D eigenvalue weighted by molar-refractivity contribution is 7.99. The molecule has 1 aromatic heterocycles. The molecular formula is C11H21N5OS. The molecule has 1 rings (SSSR count). The molecule has 102 valence electrons. The van der Waals surface area contributed by atoms with E-state index in [4.69, 9.17) is 5.73 Å². The number of amides is 1. The van der Waals surface area contributed by atoms with Gasteiger partial charge in [0.1, 0.15) is 5.82 Å². The van der Waals surface area contributed by atoms with E-state index in [9.17, 15) is 4.79 Å². The molecule has 0 spiro atoms. The number of nitrogens with two attached hydrogens (primary N) is 1. The van der Waals surface area contributed by atoms with E-state index in [0.29, 0.717) is 18.8 Å². The molecule has 0 aromatic carbocycles. The van der Waals surface area contributed by atoms with E-state index in [-0.39, 0.29) is 5.91 Å². The van der Waals surface area contributed by atoms with Crippen molar-refractivity contribution in [3.05, 3.63) is 5.82 Å². The summed E-state index contributed by atoms with van der Waals surface area (Å²) >= 11 is 1.40. The second-order valence-electron chi connectivity index (χ2n) is 3.96. The van der Waals surface area contributed by atoms with Crippen LogP contribution in [0.3, 0.4) is 0 Å². The fourth-order valence-electron chi connectivity index (χ4n) is 1.44. The van der Waals surface area contributed by atoms with Gasteiger partial charge in [-0.15, -0.1) is 10.2 Å². The molecule has 0 aliphatic heterocycles. The zero-order valence-corrected chi connectivity index (χ0v) is 11.8. The maximum Gasteiger partial charge on any atom is 0.230 e. The van der Waals surface area contributed by atoms with E-state index < -0.39 is 0 Å². The van der Waals surface area contributed by atoms with Crippen molar-refractivity contribution in [3.63, 3.8) is 0 Å². The van der Waals surface area contributed by atoms with Gasteiger partial charge in [-0.1, -0.05) is 25.1 Å². The molecule has 7 heteroatoms. The van der Waals surface area contributed by atoms with Crippen LogP contribution in [0.15, 0.2) is 5.16 Å². The Morgan fingerprint density at radius 3 is 2.94 bits per heavy atom. The molecule has 18 heavy (non-hydrogen) atoms. The first-order valence-electron chi connectivity index (χ1n) is 6.18. The molecule has 0 bridgehead atoms. The van der Waals surface area contributed by atoms with Crippen LogP contribution in [-0.4, -0.2) is 39.5 Å². The van der Waals surface area contributed by atoms with Crippen molar-refractivity contribution in [1.29, 1.82) is 0 Å². The van der Waals surface area contributed by atoms with E-state index in [1.54, 1.807) is 0 Å². The molecule has 0 aliphatic carbocycles. The Labute approximate surface area is 112 Å².